The number of aryl methyl sites for hydroxylation is 1. The lowest BCUT2D eigenvalue weighted by molar-refractivity contribution is -0.174. The van der Waals surface area contributed by atoms with Crippen LogP contribution in [0.25, 0.3) is 33.5 Å². The Morgan fingerprint density at radius 2 is 2.06 bits per heavy atom. The van der Waals surface area contributed by atoms with Gasteiger partial charge in [0, 0.05) is 42.4 Å². The number of esters is 1. The van der Waals surface area contributed by atoms with Crippen LogP contribution in [0.15, 0.2) is 47.7 Å². The molecule has 2 atom stereocenters. The number of para-hydroxylation sites is 1. The molecule has 9 heteroatoms. The highest BCUT2D eigenvalue weighted by Gasteiger charge is 2.48. The number of ether oxygens (including phenoxy) is 2. The zero-order valence-corrected chi connectivity index (χ0v) is 19.6. The fourth-order valence-electron chi connectivity index (χ4n) is 5.40. The van der Waals surface area contributed by atoms with Crippen molar-refractivity contribution in [3.05, 3.63) is 69.9 Å². The summed E-state index contributed by atoms with van der Waals surface area (Å²) in [6.07, 6.45) is 2.61. The second-order valence-electron chi connectivity index (χ2n) is 9.07. The number of benzene rings is 1. The van der Waals surface area contributed by atoms with Crippen LogP contribution in [-0.4, -0.2) is 43.4 Å². The maximum Gasteiger partial charge on any atom is 0.338 e. The van der Waals surface area contributed by atoms with Crippen LogP contribution in [0.4, 0.5) is 0 Å². The van der Waals surface area contributed by atoms with Crippen molar-refractivity contribution in [1.82, 2.24) is 19.1 Å². The van der Waals surface area contributed by atoms with E-state index in [0.717, 1.165) is 27.7 Å². The summed E-state index contributed by atoms with van der Waals surface area (Å²) < 4.78 is 14.2. The standard InChI is InChI=1S/C26H24N4O5/c1-4-26(33)17-9-20-22-15(10-30(20)24(31)16(17)12-35-25(32)23(26)34-3)21(19-11-29(2)13-27-19)14-7-5-6-8-18(14)28-22/h5-9,11,13,23,33H,4,10,12H2,1-3H3/t23-,26+/m1/s1. The van der Waals surface area contributed by atoms with Gasteiger partial charge in [-0.05, 0) is 18.6 Å². The van der Waals surface area contributed by atoms with Gasteiger partial charge in [-0.2, -0.15) is 0 Å². The van der Waals surface area contributed by atoms with Crippen molar-refractivity contribution in [2.24, 2.45) is 7.05 Å². The minimum absolute atomic E-state index is 0.160. The van der Waals surface area contributed by atoms with Crippen molar-refractivity contribution >= 4 is 16.9 Å². The van der Waals surface area contributed by atoms with Crippen LogP contribution in [0.1, 0.15) is 30.0 Å². The summed E-state index contributed by atoms with van der Waals surface area (Å²) in [5.41, 5.74) is 3.20. The van der Waals surface area contributed by atoms with Crippen LogP contribution >= 0.6 is 0 Å². The number of cyclic esters (lactones) is 1. The van der Waals surface area contributed by atoms with Gasteiger partial charge in [-0.15, -0.1) is 0 Å². The molecule has 0 saturated carbocycles. The van der Waals surface area contributed by atoms with Gasteiger partial charge in [0.2, 0.25) is 0 Å². The summed E-state index contributed by atoms with van der Waals surface area (Å²) >= 11 is 0. The number of aliphatic hydroxyl groups is 1. The fourth-order valence-corrected chi connectivity index (χ4v) is 5.40. The number of hydrogen-bond acceptors (Lipinski definition) is 7. The van der Waals surface area contributed by atoms with Crippen molar-refractivity contribution < 1.29 is 19.4 Å². The molecule has 2 aliphatic heterocycles. The number of carbonyl (C=O) groups is 1. The van der Waals surface area contributed by atoms with Crippen molar-refractivity contribution in [2.45, 2.75) is 38.2 Å². The van der Waals surface area contributed by atoms with Crippen molar-refractivity contribution in [2.75, 3.05) is 7.11 Å². The molecule has 5 heterocycles. The van der Waals surface area contributed by atoms with Gasteiger partial charge in [0.25, 0.3) is 5.56 Å². The summed E-state index contributed by atoms with van der Waals surface area (Å²) in [5.74, 6) is -0.695. The highest BCUT2D eigenvalue weighted by atomic mass is 16.6. The molecule has 0 fully saturated rings. The number of imidazole rings is 1. The topological polar surface area (TPSA) is 108 Å². The monoisotopic (exact) mass is 472 g/mol. The molecular weight excluding hydrogens is 448 g/mol. The van der Waals surface area contributed by atoms with Crippen molar-refractivity contribution in [3.8, 4) is 22.6 Å². The molecule has 0 spiro atoms. The number of pyridine rings is 2. The van der Waals surface area contributed by atoms with E-state index in [2.05, 4.69) is 4.98 Å². The first-order chi connectivity index (χ1) is 16.9. The first kappa shape index (κ1) is 21.7. The molecule has 4 aromatic rings. The summed E-state index contributed by atoms with van der Waals surface area (Å²) in [6, 6.07) is 9.59. The van der Waals surface area contributed by atoms with Crippen LogP contribution in [0.5, 0.6) is 0 Å². The van der Waals surface area contributed by atoms with E-state index >= 15 is 0 Å². The number of rotatable bonds is 3. The third-order valence-electron chi connectivity index (χ3n) is 7.16. The molecular formula is C26H24N4O5. The van der Waals surface area contributed by atoms with Gasteiger partial charge in [0.15, 0.2) is 6.10 Å². The summed E-state index contributed by atoms with van der Waals surface area (Å²) in [5, 5.41) is 12.6. The zero-order chi connectivity index (χ0) is 24.5. The minimum Gasteiger partial charge on any atom is -0.459 e. The number of carbonyl (C=O) groups excluding carboxylic acids is 1. The fraction of sp³-hybridized carbons (Fsp3) is 0.308. The van der Waals surface area contributed by atoms with Gasteiger partial charge in [-0.1, -0.05) is 25.1 Å². The van der Waals surface area contributed by atoms with Gasteiger partial charge in [-0.3, -0.25) is 4.79 Å². The largest absolute Gasteiger partial charge is 0.459 e. The van der Waals surface area contributed by atoms with E-state index < -0.39 is 17.7 Å². The first-order valence-corrected chi connectivity index (χ1v) is 11.5. The SMILES string of the molecule is CC[C@]1(O)c2cc3n(c(=O)c2COC(=O)[C@H]1OC)Cc1c-3nc2ccccc2c1-c1cn(C)cn1. The maximum atomic E-state index is 13.7. The molecule has 0 saturated heterocycles. The Hall–Kier alpha value is -3.82. The van der Waals surface area contributed by atoms with Crippen LogP contribution in [0, 0.1) is 0 Å². The van der Waals surface area contributed by atoms with E-state index in [1.807, 2.05) is 42.1 Å². The lowest BCUT2D eigenvalue weighted by Crippen LogP contribution is -2.45. The number of aromatic nitrogens is 4. The molecule has 178 valence electrons. The molecule has 0 aliphatic carbocycles. The maximum absolute atomic E-state index is 13.7. The van der Waals surface area contributed by atoms with Crippen molar-refractivity contribution in [3.63, 3.8) is 0 Å². The molecule has 9 nitrogen and oxygen atoms in total. The van der Waals surface area contributed by atoms with E-state index in [9.17, 15) is 14.7 Å². The predicted octanol–water partition coefficient (Wildman–Crippen LogP) is 2.50. The molecule has 2 aliphatic rings. The van der Waals surface area contributed by atoms with E-state index in [0.29, 0.717) is 23.5 Å². The Bertz CT molecular complexity index is 1590. The van der Waals surface area contributed by atoms with E-state index in [-0.39, 0.29) is 24.2 Å². The number of nitrogens with zero attached hydrogens (tertiary/aromatic N) is 4. The second kappa shape index (κ2) is 7.59. The molecule has 0 amide bonds. The minimum atomic E-state index is -1.71. The Kier molecular flexibility index (Phi) is 4.71. The van der Waals surface area contributed by atoms with E-state index in [4.69, 9.17) is 14.5 Å². The number of hydrogen-bond donors (Lipinski definition) is 1. The summed E-state index contributed by atoms with van der Waals surface area (Å²) in [6.45, 7) is 1.82. The normalized spacial score (nSPS) is 20.8. The predicted molar refractivity (Wildman–Crippen MR) is 128 cm³/mol. The first-order valence-electron chi connectivity index (χ1n) is 11.5. The molecule has 0 unspecified atom stereocenters. The Balaban J connectivity index is 1.67. The highest BCUT2D eigenvalue weighted by Crippen LogP contribution is 2.43. The van der Waals surface area contributed by atoms with Crippen LogP contribution in [-0.2, 0) is 40.1 Å². The third-order valence-corrected chi connectivity index (χ3v) is 7.16. The molecule has 0 bridgehead atoms. The third kappa shape index (κ3) is 2.95. The van der Waals surface area contributed by atoms with Gasteiger partial charge < -0.3 is 23.7 Å². The van der Waals surface area contributed by atoms with Crippen LogP contribution in [0.2, 0.25) is 0 Å². The van der Waals surface area contributed by atoms with Gasteiger partial charge in [0.05, 0.1) is 41.0 Å². The summed E-state index contributed by atoms with van der Waals surface area (Å²) in [4.78, 5) is 35.8. The smallest absolute Gasteiger partial charge is 0.338 e. The lowest BCUT2D eigenvalue weighted by Gasteiger charge is -2.32. The van der Waals surface area contributed by atoms with Gasteiger partial charge in [0.1, 0.15) is 12.2 Å². The Labute approximate surface area is 200 Å². The second-order valence-corrected chi connectivity index (χ2v) is 9.07. The quantitative estimate of drug-likeness (QED) is 0.402. The molecule has 6 rings (SSSR count). The highest BCUT2D eigenvalue weighted by molar-refractivity contribution is 5.98. The van der Waals surface area contributed by atoms with Crippen molar-refractivity contribution in [1.29, 1.82) is 0 Å². The molecule has 1 N–H and O–H groups in total. The molecule has 35 heavy (non-hydrogen) atoms. The average Bonchev–Trinajstić information content (AvgIpc) is 3.42. The van der Waals surface area contributed by atoms with Crippen LogP contribution in [0.3, 0.4) is 0 Å². The number of fused-ring (bicyclic) bond motifs is 5. The van der Waals surface area contributed by atoms with E-state index in [1.54, 1.807) is 23.9 Å². The molecule has 0 radical (unpaired) electrons. The van der Waals surface area contributed by atoms with Gasteiger partial charge >= 0.3 is 5.97 Å². The Morgan fingerprint density at radius 3 is 2.77 bits per heavy atom. The van der Waals surface area contributed by atoms with Gasteiger partial charge in [-0.25, -0.2) is 14.8 Å². The molecule has 3 aromatic heterocycles. The average molecular weight is 473 g/mol. The summed E-state index contributed by atoms with van der Waals surface area (Å²) in [7, 11) is 3.26. The molecule has 1 aromatic carbocycles. The van der Waals surface area contributed by atoms with E-state index in [1.165, 1.54) is 7.11 Å². The number of methoxy groups -OCH3 is 1. The zero-order valence-electron chi connectivity index (χ0n) is 19.6. The van der Waals surface area contributed by atoms with Crippen LogP contribution < -0.4 is 5.56 Å². The Morgan fingerprint density at radius 1 is 1.26 bits per heavy atom. The lowest BCUT2D eigenvalue weighted by atomic mass is 9.83.